The number of pyridine rings is 1. The maximum atomic E-state index is 14.2. The van der Waals surface area contributed by atoms with Crippen LogP contribution in [0.3, 0.4) is 0 Å². The van der Waals surface area contributed by atoms with Crippen molar-refractivity contribution in [2.45, 2.75) is 19.4 Å². The highest BCUT2D eigenvalue weighted by atomic mass is 19.1. The van der Waals surface area contributed by atoms with Crippen molar-refractivity contribution in [1.29, 1.82) is 0 Å². The van der Waals surface area contributed by atoms with E-state index in [2.05, 4.69) is 26.3 Å². The summed E-state index contributed by atoms with van der Waals surface area (Å²) in [5, 5.41) is 3.24. The Hall–Kier alpha value is -3.87. The lowest BCUT2D eigenvalue weighted by Crippen LogP contribution is -2.10. The van der Waals surface area contributed by atoms with Gasteiger partial charge in [-0.1, -0.05) is 12.1 Å². The SMILES string of the molecule is Cc1cc(-c2cnc(N)nc2)ncc1-c1ccc2c(c1)CC(c1c(F)cccc1F)N2. The molecule has 0 saturated heterocycles. The maximum absolute atomic E-state index is 14.2. The van der Waals surface area contributed by atoms with E-state index < -0.39 is 17.7 Å². The van der Waals surface area contributed by atoms with Crippen LogP contribution in [-0.4, -0.2) is 15.0 Å². The van der Waals surface area contributed by atoms with Crippen LogP contribution < -0.4 is 11.1 Å². The monoisotopic (exact) mass is 415 g/mol. The van der Waals surface area contributed by atoms with E-state index >= 15 is 0 Å². The number of aromatic nitrogens is 3. The molecule has 3 N–H and O–H groups in total. The minimum absolute atomic E-state index is 0.0770. The second-order valence-corrected chi connectivity index (χ2v) is 7.62. The van der Waals surface area contributed by atoms with Gasteiger partial charge in [0.1, 0.15) is 11.6 Å². The van der Waals surface area contributed by atoms with E-state index in [1.54, 1.807) is 12.4 Å². The molecule has 154 valence electrons. The Morgan fingerprint density at radius 2 is 1.68 bits per heavy atom. The van der Waals surface area contributed by atoms with Gasteiger partial charge in [0.2, 0.25) is 5.95 Å². The van der Waals surface area contributed by atoms with Crippen LogP contribution in [0.25, 0.3) is 22.4 Å². The molecule has 2 aromatic heterocycles. The molecule has 0 amide bonds. The molecule has 1 atom stereocenters. The number of benzene rings is 2. The van der Waals surface area contributed by atoms with Crippen molar-refractivity contribution in [3.05, 3.63) is 89.4 Å². The second kappa shape index (κ2) is 7.43. The minimum atomic E-state index is -0.534. The summed E-state index contributed by atoms with van der Waals surface area (Å²) in [6.45, 7) is 2.02. The van der Waals surface area contributed by atoms with E-state index in [-0.39, 0.29) is 11.5 Å². The normalized spacial score (nSPS) is 14.9. The number of hydrogen-bond acceptors (Lipinski definition) is 5. The highest BCUT2D eigenvalue weighted by Crippen LogP contribution is 2.38. The lowest BCUT2D eigenvalue weighted by Gasteiger charge is -2.13. The zero-order valence-electron chi connectivity index (χ0n) is 16.7. The Balaban J connectivity index is 1.44. The average molecular weight is 415 g/mol. The van der Waals surface area contributed by atoms with Crippen LogP contribution in [0, 0.1) is 18.6 Å². The maximum Gasteiger partial charge on any atom is 0.219 e. The molecule has 1 aliphatic heterocycles. The Kier molecular flexibility index (Phi) is 4.58. The number of fused-ring (bicyclic) bond motifs is 1. The second-order valence-electron chi connectivity index (χ2n) is 7.62. The van der Waals surface area contributed by atoms with Crippen molar-refractivity contribution >= 4 is 11.6 Å². The molecule has 4 aromatic rings. The molecule has 0 fully saturated rings. The van der Waals surface area contributed by atoms with Gasteiger partial charge in [0.05, 0.1) is 11.7 Å². The Morgan fingerprint density at radius 1 is 0.935 bits per heavy atom. The molecule has 2 aromatic carbocycles. The van der Waals surface area contributed by atoms with Gasteiger partial charge in [0.15, 0.2) is 0 Å². The molecule has 1 aliphatic rings. The van der Waals surface area contributed by atoms with E-state index in [4.69, 9.17) is 5.73 Å². The highest BCUT2D eigenvalue weighted by Gasteiger charge is 2.27. The first kappa shape index (κ1) is 19.1. The van der Waals surface area contributed by atoms with E-state index in [1.165, 1.54) is 18.2 Å². The topological polar surface area (TPSA) is 76.7 Å². The minimum Gasteiger partial charge on any atom is -0.377 e. The van der Waals surface area contributed by atoms with Crippen LogP contribution in [0.2, 0.25) is 0 Å². The van der Waals surface area contributed by atoms with Crippen molar-refractivity contribution in [2.24, 2.45) is 0 Å². The lowest BCUT2D eigenvalue weighted by molar-refractivity contribution is 0.539. The molecule has 7 heteroatoms. The number of anilines is 2. The first-order chi connectivity index (χ1) is 15.0. The molecular weight excluding hydrogens is 396 g/mol. The van der Waals surface area contributed by atoms with Gasteiger partial charge in [-0.25, -0.2) is 18.7 Å². The van der Waals surface area contributed by atoms with E-state index in [0.717, 1.165) is 39.2 Å². The number of rotatable bonds is 3. The Bertz CT molecular complexity index is 1270. The number of hydrogen-bond donors (Lipinski definition) is 2. The van der Waals surface area contributed by atoms with Gasteiger partial charge in [-0.2, -0.15) is 0 Å². The van der Waals surface area contributed by atoms with Crippen LogP contribution in [0.1, 0.15) is 22.7 Å². The summed E-state index contributed by atoms with van der Waals surface area (Å²) >= 11 is 0. The average Bonchev–Trinajstić information content (AvgIpc) is 3.17. The van der Waals surface area contributed by atoms with Gasteiger partial charge in [0.25, 0.3) is 0 Å². The van der Waals surface area contributed by atoms with E-state index in [1.807, 2.05) is 31.3 Å². The van der Waals surface area contributed by atoms with Gasteiger partial charge < -0.3 is 11.1 Å². The summed E-state index contributed by atoms with van der Waals surface area (Å²) < 4.78 is 28.4. The molecule has 0 radical (unpaired) electrons. The van der Waals surface area contributed by atoms with Gasteiger partial charge in [-0.3, -0.25) is 4.98 Å². The molecule has 3 heterocycles. The number of nitrogens with two attached hydrogens (primary N) is 1. The van der Waals surface area contributed by atoms with Crippen molar-refractivity contribution in [3.63, 3.8) is 0 Å². The van der Waals surface area contributed by atoms with Gasteiger partial charge in [-0.05, 0) is 60.4 Å². The summed E-state index contributed by atoms with van der Waals surface area (Å²) in [6, 6.07) is 11.5. The molecule has 5 nitrogen and oxygen atoms in total. The van der Waals surface area contributed by atoms with Gasteiger partial charge in [-0.15, -0.1) is 0 Å². The number of aryl methyl sites for hydroxylation is 1. The van der Waals surface area contributed by atoms with Crippen molar-refractivity contribution in [2.75, 3.05) is 11.1 Å². The van der Waals surface area contributed by atoms with Crippen molar-refractivity contribution in [1.82, 2.24) is 15.0 Å². The molecule has 1 unspecified atom stereocenters. The fourth-order valence-electron chi connectivity index (χ4n) is 4.03. The van der Waals surface area contributed by atoms with Crippen LogP contribution in [-0.2, 0) is 6.42 Å². The summed E-state index contributed by atoms with van der Waals surface area (Å²) in [5.41, 5.74) is 12.1. The third-order valence-corrected chi connectivity index (χ3v) is 5.60. The predicted octanol–water partition coefficient (Wildman–Crippen LogP) is 5.08. The molecule has 0 spiro atoms. The quantitative estimate of drug-likeness (QED) is 0.488. The molecule has 31 heavy (non-hydrogen) atoms. The standard InChI is InChI=1S/C24H19F2N5/c1-13-7-21(16-10-29-24(27)30-11-16)28-12-17(13)14-5-6-20-15(8-14)9-22(31-20)23-18(25)3-2-4-19(23)26/h2-8,10-12,22,31H,9H2,1H3,(H2,27,29,30). The molecule has 0 bridgehead atoms. The van der Waals surface area contributed by atoms with Gasteiger partial charge in [0, 0.05) is 41.0 Å². The van der Waals surface area contributed by atoms with Gasteiger partial charge >= 0.3 is 0 Å². The first-order valence-electron chi connectivity index (χ1n) is 9.88. The Labute approximate surface area is 178 Å². The molecule has 0 saturated carbocycles. The number of nitrogens with zero attached hydrogens (tertiary/aromatic N) is 3. The van der Waals surface area contributed by atoms with Crippen LogP contribution >= 0.6 is 0 Å². The first-order valence-corrected chi connectivity index (χ1v) is 9.88. The fourth-order valence-corrected chi connectivity index (χ4v) is 4.03. The van der Waals surface area contributed by atoms with Crippen LogP contribution in [0.15, 0.2) is 61.1 Å². The van der Waals surface area contributed by atoms with Crippen LogP contribution in [0.5, 0.6) is 0 Å². The predicted molar refractivity (Wildman–Crippen MR) is 116 cm³/mol. The fraction of sp³-hybridized carbons (Fsp3) is 0.125. The zero-order valence-corrected chi connectivity index (χ0v) is 16.7. The lowest BCUT2D eigenvalue weighted by atomic mass is 9.97. The summed E-state index contributed by atoms with van der Waals surface area (Å²) in [7, 11) is 0. The third-order valence-electron chi connectivity index (χ3n) is 5.60. The third kappa shape index (κ3) is 3.48. The zero-order chi connectivity index (χ0) is 21.5. The highest BCUT2D eigenvalue weighted by molar-refractivity contribution is 5.74. The summed E-state index contributed by atoms with van der Waals surface area (Å²) in [4.78, 5) is 12.6. The number of nitrogens with one attached hydrogen (secondary N) is 1. The molecular formula is C24H19F2N5. The van der Waals surface area contributed by atoms with E-state index in [9.17, 15) is 8.78 Å². The summed E-state index contributed by atoms with van der Waals surface area (Å²) in [6.07, 6.45) is 5.62. The Morgan fingerprint density at radius 3 is 2.39 bits per heavy atom. The van der Waals surface area contributed by atoms with Crippen molar-refractivity contribution in [3.8, 4) is 22.4 Å². The number of halogens is 2. The van der Waals surface area contributed by atoms with E-state index in [0.29, 0.717) is 6.42 Å². The summed E-state index contributed by atoms with van der Waals surface area (Å²) in [5.74, 6) is -0.849. The number of nitrogen functional groups attached to an aromatic ring is 1. The smallest absolute Gasteiger partial charge is 0.219 e. The largest absolute Gasteiger partial charge is 0.377 e. The molecule has 0 aliphatic carbocycles. The molecule has 5 rings (SSSR count). The van der Waals surface area contributed by atoms with Crippen LogP contribution in [0.4, 0.5) is 20.4 Å². The van der Waals surface area contributed by atoms with Crippen molar-refractivity contribution < 1.29 is 8.78 Å².